The summed E-state index contributed by atoms with van der Waals surface area (Å²) >= 11 is 6.19. The monoisotopic (exact) mass is 365 g/mol. The molecule has 0 saturated carbocycles. The van der Waals surface area contributed by atoms with E-state index in [1.807, 2.05) is 0 Å². The lowest BCUT2D eigenvalue weighted by Gasteiger charge is -2.12. The summed E-state index contributed by atoms with van der Waals surface area (Å²) in [6.45, 7) is 1.74. The first-order chi connectivity index (χ1) is 10.6. The van der Waals surface area contributed by atoms with Crippen molar-refractivity contribution in [2.45, 2.75) is 12.4 Å². The molecule has 0 spiro atoms. The molecule has 0 aliphatic carbocycles. The summed E-state index contributed by atoms with van der Waals surface area (Å²) in [7, 11) is -5.86. The van der Waals surface area contributed by atoms with Crippen LogP contribution in [0.5, 0.6) is 5.88 Å². The van der Waals surface area contributed by atoms with Gasteiger partial charge >= 0.3 is 15.6 Å². The molecule has 0 radical (unpaired) electrons. The van der Waals surface area contributed by atoms with Gasteiger partial charge in [0.15, 0.2) is 0 Å². The number of aryl methyl sites for hydroxylation is 1. The van der Waals surface area contributed by atoms with Gasteiger partial charge in [0.05, 0.1) is 16.1 Å². The SMILES string of the molecule is Cc1ccc2nc(OS(=O)(=O)C(F)(F)F)c3nccn3c2c1Cl. The summed E-state index contributed by atoms with van der Waals surface area (Å²) in [6, 6.07) is 3.09. The molecule has 0 N–H and O–H groups in total. The number of hydrogen-bond acceptors (Lipinski definition) is 5. The Bertz CT molecular complexity index is 1030. The Morgan fingerprint density at radius 1 is 1.30 bits per heavy atom. The van der Waals surface area contributed by atoms with Crippen LogP contribution in [0.25, 0.3) is 16.7 Å². The largest absolute Gasteiger partial charge is 0.534 e. The summed E-state index contributed by atoms with van der Waals surface area (Å²) < 4.78 is 65.3. The molecule has 11 heteroatoms. The lowest BCUT2D eigenvalue weighted by atomic mass is 10.2. The Morgan fingerprint density at radius 3 is 2.65 bits per heavy atom. The van der Waals surface area contributed by atoms with Gasteiger partial charge in [-0.15, -0.1) is 0 Å². The first-order valence-corrected chi connectivity index (χ1v) is 7.83. The lowest BCUT2D eigenvalue weighted by molar-refractivity contribution is -0.0500. The van der Waals surface area contributed by atoms with Gasteiger partial charge in [-0.3, -0.25) is 4.40 Å². The molecule has 1 aromatic carbocycles. The maximum atomic E-state index is 12.5. The number of alkyl halides is 3. The first-order valence-electron chi connectivity index (χ1n) is 6.04. The molecular formula is C12H7ClF3N3O3S. The molecule has 0 aliphatic rings. The van der Waals surface area contributed by atoms with E-state index < -0.39 is 21.5 Å². The average Bonchev–Trinajstić information content (AvgIpc) is 2.91. The van der Waals surface area contributed by atoms with Gasteiger partial charge in [-0.1, -0.05) is 17.7 Å². The molecule has 3 rings (SSSR count). The van der Waals surface area contributed by atoms with E-state index in [4.69, 9.17) is 11.6 Å². The maximum absolute atomic E-state index is 12.5. The Kier molecular flexibility index (Phi) is 3.41. The quantitative estimate of drug-likeness (QED) is 0.515. The van der Waals surface area contributed by atoms with Gasteiger partial charge in [0.1, 0.15) is 0 Å². The minimum absolute atomic E-state index is 0.165. The number of halogens is 4. The van der Waals surface area contributed by atoms with Gasteiger partial charge in [-0.25, -0.2) is 9.97 Å². The Hall–Kier alpha value is -2.07. The molecule has 0 saturated heterocycles. The Morgan fingerprint density at radius 2 is 2.00 bits per heavy atom. The van der Waals surface area contributed by atoms with E-state index >= 15 is 0 Å². The Balaban J connectivity index is 2.31. The van der Waals surface area contributed by atoms with Crippen LogP contribution in [0.3, 0.4) is 0 Å². The molecule has 2 heterocycles. The van der Waals surface area contributed by atoms with Gasteiger partial charge in [0.2, 0.25) is 5.65 Å². The van der Waals surface area contributed by atoms with Gasteiger partial charge in [0, 0.05) is 12.4 Å². The minimum atomic E-state index is -5.86. The molecule has 2 aromatic heterocycles. The zero-order valence-electron chi connectivity index (χ0n) is 11.3. The lowest BCUT2D eigenvalue weighted by Crippen LogP contribution is -2.28. The highest BCUT2D eigenvalue weighted by Gasteiger charge is 2.49. The molecule has 0 fully saturated rings. The summed E-state index contributed by atoms with van der Waals surface area (Å²) in [5.41, 5.74) is -4.50. The summed E-state index contributed by atoms with van der Waals surface area (Å²) in [4.78, 5) is 7.60. The van der Waals surface area contributed by atoms with Crippen molar-refractivity contribution < 1.29 is 25.8 Å². The van der Waals surface area contributed by atoms with E-state index in [9.17, 15) is 21.6 Å². The van der Waals surface area contributed by atoms with Crippen LogP contribution < -0.4 is 4.18 Å². The fourth-order valence-electron chi connectivity index (χ4n) is 1.98. The number of imidazole rings is 1. The minimum Gasteiger partial charge on any atom is -0.351 e. The van der Waals surface area contributed by atoms with Crippen LogP contribution in [0.15, 0.2) is 24.5 Å². The van der Waals surface area contributed by atoms with Crippen molar-refractivity contribution in [1.29, 1.82) is 0 Å². The highest BCUT2D eigenvalue weighted by Crippen LogP contribution is 2.32. The molecule has 122 valence electrons. The Labute approximate surface area is 132 Å². The van der Waals surface area contributed by atoms with E-state index in [1.54, 1.807) is 13.0 Å². The van der Waals surface area contributed by atoms with Crippen LogP contribution in [0.2, 0.25) is 5.02 Å². The van der Waals surface area contributed by atoms with Crippen molar-refractivity contribution >= 4 is 38.4 Å². The second-order valence-electron chi connectivity index (χ2n) is 4.59. The maximum Gasteiger partial charge on any atom is 0.534 e. The van der Waals surface area contributed by atoms with Gasteiger partial charge in [0.25, 0.3) is 5.88 Å². The summed E-state index contributed by atoms with van der Waals surface area (Å²) in [6.07, 6.45) is 2.68. The van der Waals surface area contributed by atoms with Crippen molar-refractivity contribution in [3.8, 4) is 5.88 Å². The molecule has 0 atom stereocenters. The molecule has 23 heavy (non-hydrogen) atoms. The third kappa shape index (κ3) is 2.47. The average molecular weight is 366 g/mol. The van der Waals surface area contributed by atoms with Crippen LogP contribution in [-0.2, 0) is 10.1 Å². The molecule has 0 amide bonds. The highest BCUT2D eigenvalue weighted by molar-refractivity contribution is 7.88. The van der Waals surface area contributed by atoms with Crippen molar-refractivity contribution in [3.05, 3.63) is 35.1 Å². The number of aromatic nitrogens is 3. The fraction of sp³-hybridized carbons (Fsp3) is 0.167. The molecule has 3 aromatic rings. The number of benzene rings is 1. The van der Waals surface area contributed by atoms with Gasteiger partial charge < -0.3 is 4.18 Å². The number of rotatable bonds is 2. The van der Waals surface area contributed by atoms with Crippen LogP contribution >= 0.6 is 11.6 Å². The fourth-order valence-corrected chi connectivity index (χ4v) is 2.65. The van der Waals surface area contributed by atoms with E-state index in [0.29, 0.717) is 16.1 Å². The molecular weight excluding hydrogens is 359 g/mol. The number of fused-ring (bicyclic) bond motifs is 3. The smallest absolute Gasteiger partial charge is 0.351 e. The predicted octanol–water partition coefficient (Wildman–Crippen LogP) is 3.07. The summed E-state index contributed by atoms with van der Waals surface area (Å²) in [5, 5.41) is 0.322. The van der Waals surface area contributed by atoms with Gasteiger partial charge in [-0.05, 0) is 18.6 Å². The normalized spacial score (nSPS) is 12.9. The topological polar surface area (TPSA) is 73.6 Å². The van der Waals surface area contributed by atoms with Crippen molar-refractivity contribution in [2.75, 3.05) is 0 Å². The van der Waals surface area contributed by atoms with E-state index in [0.717, 1.165) is 0 Å². The third-order valence-corrected chi connectivity index (χ3v) is 4.48. The van der Waals surface area contributed by atoms with Crippen molar-refractivity contribution in [3.63, 3.8) is 0 Å². The molecule has 0 bridgehead atoms. The van der Waals surface area contributed by atoms with Crippen LogP contribution in [-0.4, -0.2) is 28.3 Å². The zero-order chi connectivity index (χ0) is 17.0. The highest BCUT2D eigenvalue weighted by atomic mass is 35.5. The molecule has 6 nitrogen and oxygen atoms in total. The van der Waals surface area contributed by atoms with Crippen LogP contribution in [0.1, 0.15) is 5.56 Å². The van der Waals surface area contributed by atoms with E-state index in [2.05, 4.69) is 14.2 Å². The first kappa shape index (κ1) is 15.8. The standard InChI is InChI=1S/C12H7ClF3N3O3S/c1-6-2-3-7-9(8(6)13)19-5-4-17-10(19)11(18-7)22-23(20,21)12(14,15)16/h2-5H,1H3. The number of nitrogens with zero attached hydrogens (tertiary/aromatic N) is 3. The molecule has 0 aliphatic heterocycles. The van der Waals surface area contributed by atoms with Crippen molar-refractivity contribution in [2.24, 2.45) is 0 Å². The second-order valence-corrected chi connectivity index (χ2v) is 6.50. The zero-order valence-corrected chi connectivity index (χ0v) is 12.9. The van der Waals surface area contributed by atoms with E-state index in [1.165, 1.54) is 22.9 Å². The third-order valence-electron chi connectivity index (χ3n) is 3.05. The van der Waals surface area contributed by atoms with E-state index in [-0.39, 0.29) is 11.2 Å². The summed E-state index contributed by atoms with van der Waals surface area (Å²) in [5.74, 6) is -0.778. The van der Waals surface area contributed by atoms with Crippen molar-refractivity contribution in [1.82, 2.24) is 14.4 Å². The second kappa shape index (κ2) is 4.96. The predicted molar refractivity (Wildman–Crippen MR) is 75.8 cm³/mol. The van der Waals surface area contributed by atoms with Gasteiger partial charge in [-0.2, -0.15) is 21.6 Å². The number of hydrogen-bond donors (Lipinski definition) is 0. The van der Waals surface area contributed by atoms with Crippen LogP contribution in [0, 0.1) is 6.92 Å². The van der Waals surface area contributed by atoms with Crippen LogP contribution in [0.4, 0.5) is 13.2 Å². The molecule has 0 unspecified atom stereocenters.